The van der Waals surface area contributed by atoms with E-state index in [2.05, 4.69) is 10.6 Å². The molecule has 1 heterocycles. The summed E-state index contributed by atoms with van der Waals surface area (Å²) in [5.74, 6) is -1.18. The van der Waals surface area contributed by atoms with Crippen molar-refractivity contribution >= 4 is 29.2 Å². The molecule has 0 saturated heterocycles. The fourth-order valence-corrected chi connectivity index (χ4v) is 2.64. The second-order valence-electron chi connectivity index (χ2n) is 6.34. The van der Waals surface area contributed by atoms with Crippen LogP contribution in [0.5, 0.6) is 5.75 Å². The fourth-order valence-electron chi connectivity index (χ4n) is 2.64. The summed E-state index contributed by atoms with van der Waals surface area (Å²) >= 11 is 0. The van der Waals surface area contributed by atoms with Gasteiger partial charge in [0.05, 0.1) is 17.9 Å². The van der Waals surface area contributed by atoms with Crippen LogP contribution in [0.1, 0.15) is 29.8 Å². The highest BCUT2D eigenvalue weighted by Gasteiger charge is 2.47. The quantitative estimate of drug-likeness (QED) is 0.639. The van der Waals surface area contributed by atoms with Gasteiger partial charge in [-0.3, -0.25) is 9.59 Å². The minimum Gasteiger partial charge on any atom is -0.466 e. The predicted molar refractivity (Wildman–Crippen MR) is 99.9 cm³/mol. The Balaban J connectivity index is 1.76. The van der Waals surface area contributed by atoms with E-state index >= 15 is 0 Å². The number of aryl methyl sites for hydroxylation is 1. The van der Waals surface area contributed by atoms with Crippen molar-refractivity contribution in [2.24, 2.45) is 0 Å². The second kappa shape index (κ2) is 7.11. The zero-order valence-corrected chi connectivity index (χ0v) is 15.3. The van der Waals surface area contributed by atoms with Gasteiger partial charge in [-0.05, 0) is 62.7 Å². The average Bonchev–Trinajstić information content (AvgIpc) is 2.64. The molecule has 7 heteroatoms. The van der Waals surface area contributed by atoms with Crippen LogP contribution >= 0.6 is 0 Å². The highest BCUT2D eigenvalue weighted by molar-refractivity contribution is 6.19. The standard InChI is InChI=1S/C20H20N2O5/c1-4-26-17(23)13-6-8-14(9-7-13)21-18(24)20(3)19(25)22-15-11-12(2)5-10-16(15)27-20/h5-11H,4H2,1-3H3,(H,21,24)(H,22,25). The van der Waals surface area contributed by atoms with Crippen LogP contribution in [0.15, 0.2) is 42.5 Å². The van der Waals surface area contributed by atoms with Gasteiger partial charge in [-0.15, -0.1) is 0 Å². The van der Waals surface area contributed by atoms with Crippen molar-refractivity contribution in [3.8, 4) is 5.75 Å². The van der Waals surface area contributed by atoms with Crippen LogP contribution in [0.4, 0.5) is 11.4 Å². The van der Waals surface area contributed by atoms with Crippen molar-refractivity contribution in [1.82, 2.24) is 0 Å². The number of carbonyl (C=O) groups excluding carboxylic acids is 3. The Morgan fingerprint density at radius 3 is 2.56 bits per heavy atom. The zero-order valence-electron chi connectivity index (χ0n) is 15.3. The van der Waals surface area contributed by atoms with Gasteiger partial charge in [0, 0.05) is 5.69 Å². The number of nitrogens with one attached hydrogen (secondary N) is 2. The van der Waals surface area contributed by atoms with E-state index in [4.69, 9.17) is 9.47 Å². The molecule has 7 nitrogen and oxygen atoms in total. The lowest BCUT2D eigenvalue weighted by Gasteiger charge is -2.33. The average molecular weight is 368 g/mol. The molecule has 0 radical (unpaired) electrons. The minimum atomic E-state index is -1.72. The molecule has 0 aliphatic carbocycles. The van der Waals surface area contributed by atoms with Crippen LogP contribution in [0.2, 0.25) is 0 Å². The summed E-state index contributed by atoms with van der Waals surface area (Å²) in [5, 5.41) is 5.36. The monoisotopic (exact) mass is 368 g/mol. The van der Waals surface area contributed by atoms with Gasteiger partial charge >= 0.3 is 5.97 Å². The molecule has 3 rings (SSSR count). The first-order valence-corrected chi connectivity index (χ1v) is 8.53. The van der Waals surface area contributed by atoms with E-state index in [1.165, 1.54) is 19.1 Å². The largest absolute Gasteiger partial charge is 0.466 e. The zero-order chi connectivity index (χ0) is 19.6. The summed E-state index contributed by atoms with van der Waals surface area (Å²) in [4.78, 5) is 36.9. The van der Waals surface area contributed by atoms with E-state index in [9.17, 15) is 14.4 Å². The molecular weight excluding hydrogens is 348 g/mol. The molecule has 27 heavy (non-hydrogen) atoms. The van der Waals surface area contributed by atoms with Crippen LogP contribution in [-0.4, -0.2) is 30.0 Å². The molecule has 1 aliphatic rings. The Morgan fingerprint density at radius 2 is 1.89 bits per heavy atom. The molecule has 1 unspecified atom stereocenters. The third-order valence-electron chi connectivity index (χ3n) is 4.22. The number of ether oxygens (including phenoxy) is 2. The summed E-state index contributed by atoms with van der Waals surface area (Å²) < 4.78 is 10.6. The van der Waals surface area contributed by atoms with E-state index in [1.54, 1.807) is 31.2 Å². The fraction of sp³-hybridized carbons (Fsp3) is 0.250. The smallest absolute Gasteiger partial charge is 0.338 e. The number of fused-ring (bicyclic) bond motifs is 1. The van der Waals surface area contributed by atoms with Gasteiger partial charge in [0.1, 0.15) is 5.75 Å². The maximum atomic E-state index is 12.7. The number of benzene rings is 2. The first-order valence-electron chi connectivity index (χ1n) is 8.53. The number of amides is 2. The number of rotatable bonds is 4. The molecule has 0 spiro atoms. The second-order valence-corrected chi connectivity index (χ2v) is 6.34. The van der Waals surface area contributed by atoms with E-state index in [0.717, 1.165) is 5.56 Å². The third kappa shape index (κ3) is 3.62. The van der Waals surface area contributed by atoms with Crippen molar-refractivity contribution in [2.45, 2.75) is 26.4 Å². The van der Waals surface area contributed by atoms with E-state index < -0.39 is 23.4 Å². The Bertz CT molecular complexity index is 907. The molecule has 2 aromatic rings. The Labute approximate surface area is 156 Å². The molecule has 140 valence electrons. The summed E-state index contributed by atoms with van der Waals surface area (Å²) in [7, 11) is 0. The molecule has 2 amide bonds. The number of hydrogen-bond donors (Lipinski definition) is 2. The van der Waals surface area contributed by atoms with Crippen LogP contribution in [0, 0.1) is 6.92 Å². The van der Waals surface area contributed by atoms with E-state index in [0.29, 0.717) is 22.7 Å². The van der Waals surface area contributed by atoms with Crippen molar-refractivity contribution in [2.75, 3.05) is 17.2 Å². The van der Waals surface area contributed by atoms with Crippen molar-refractivity contribution in [1.29, 1.82) is 0 Å². The summed E-state index contributed by atoms with van der Waals surface area (Å²) in [6.45, 7) is 5.31. The predicted octanol–water partition coefficient (Wildman–Crippen LogP) is 2.90. The Morgan fingerprint density at radius 1 is 1.19 bits per heavy atom. The number of esters is 1. The summed E-state index contributed by atoms with van der Waals surface area (Å²) in [5.41, 5.74) is 0.580. The van der Waals surface area contributed by atoms with Crippen LogP contribution in [0.3, 0.4) is 0 Å². The first-order chi connectivity index (χ1) is 12.8. The molecule has 2 aromatic carbocycles. The van der Waals surface area contributed by atoms with Gasteiger partial charge in [-0.1, -0.05) is 6.07 Å². The van der Waals surface area contributed by atoms with Crippen molar-refractivity contribution in [3.05, 3.63) is 53.6 Å². The van der Waals surface area contributed by atoms with Crippen LogP contribution < -0.4 is 15.4 Å². The van der Waals surface area contributed by atoms with E-state index in [-0.39, 0.29) is 6.61 Å². The molecule has 1 atom stereocenters. The van der Waals surface area contributed by atoms with Gasteiger partial charge in [0.25, 0.3) is 17.4 Å². The van der Waals surface area contributed by atoms with Gasteiger partial charge in [0.15, 0.2) is 0 Å². The van der Waals surface area contributed by atoms with Crippen molar-refractivity contribution < 1.29 is 23.9 Å². The molecule has 1 aliphatic heterocycles. The third-order valence-corrected chi connectivity index (χ3v) is 4.22. The Kier molecular flexibility index (Phi) is 4.85. The normalized spacial score (nSPS) is 18.0. The number of anilines is 2. The van der Waals surface area contributed by atoms with Gasteiger partial charge in [-0.2, -0.15) is 0 Å². The SMILES string of the molecule is CCOC(=O)c1ccc(NC(=O)C2(C)Oc3ccc(C)cc3NC2=O)cc1. The summed E-state index contributed by atoms with van der Waals surface area (Å²) in [6.07, 6.45) is 0. The lowest BCUT2D eigenvalue weighted by Crippen LogP contribution is -2.56. The molecule has 0 fully saturated rings. The molecule has 2 N–H and O–H groups in total. The number of hydrogen-bond acceptors (Lipinski definition) is 5. The molecule has 0 saturated carbocycles. The molecule has 0 aromatic heterocycles. The maximum Gasteiger partial charge on any atom is 0.338 e. The maximum absolute atomic E-state index is 12.7. The minimum absolute atomic E-state index is 0.281. The topological polar surface area (TPSA) is 93.7 Å². The lowest BCUT2D eigenvalue weighted by molar-refractivity contribution is -0.143. The van der Waals surface area contributed by atoms with Crippen molar-refractivity contribution in [3.63, 3.8) is 0 Å². The highest BCUT2D eigenvalue weighted by atomic mass is 16.5. The van der Waals surface area contributed by atoms with Gasteiger partial charge in [0.2, 0.25) is 0 Å². The van der Waals surface area contributed by atoms with Crippen LogP contribution in [0.25, 0.3) is 0 Å². The first kappa shape index (κ1) is 18.4. The van der Waals surface area contributed by atoms with Crippen LogP contribution in [-0.2, 0) is 14.3 Å². The molecule has 0 bridgehead atoms. The molecular formula is C20H20N2O5. The van der Waals surface area contributed by atoms with Gasteiger partial charge < -0.3 is 20.1 Å². The number of carbonyl (C=O) groups is 3. The lowest BCUT2D eigenvalue weighted by atomic mass is 10.0. The van der Waals surface area contributed by atoms with E-state index in [1.807, 2.05) is 13.0 Å². The van der Waals surface area contributed by atoms with Gasteiger partial charge in [-0.25, -0.2) is 4.79 Å². The highest BCUT2D eigenvalue weighted by Crippen LogP contribution is 2.34. The Hall–Kier alpha value is -3.35. The summed E-state index contributed by atoms with van der Waals surface area (Å²) in [6, 6.07) is 11.5.